The Bertz CT molecular complexity index is 543. The van der Waals surface area contributed by atoms with Gasteiger partial charge in [0.15, 0.2) is 0 Å². The lowest BCUT2D eigenvalue weighted by atomic mass is 9.77. The third-order valence-corrected chi connectivity index (χ3v) is 5.17. The molecule has 2 fully saturated rings. The number of nitrogens with one attached hydrogen (secondary N) is 1. The summed E-state index contributed by atoms with van der Waals surface area (Å²) >= 11 is 0. The average molecular weight is 306 g/mol. The van der Waals surface area contributed by atoms with Crippen molar-refractivity contribution < 1.29 is 13.7 Å². The highest BCUT2D eigenvalue weighted by Crippen LogP contribution is 2.36. The number of piperidine rings is 1. The lowest BCUT2D eigenvalue weighted by molar-refractivity contribution is 0.00578. The zero-order valence-corrected chi connectivity index (χ0v) is 13.8. The van der Waals surface area contributed by atoms with Crippen molar-refractivity contribution in [3.63, 3.8) is 0 Å². The first-order valence-corrected chi connectivity index (χ1v) is 8.02. The van der Waals surface area contributed by atoms with Crippen molar-refractivity contribution in [2.24, 2.45) is 0 Å². The number of nitrogens with zero attached hydrogens (tertiary/aromatic N) is 1. The fraction of sp³-hybridized carbons (Fsp3) is 0.688. The summed E-state index contributed by atoms with van der Waals surface area (Å²) in [4.78, 5) is 4.29. The summed E-state index contributed by atoms with van der Waals surface area (Å²) in [6, 6.07) is 1.83. The number of pyridine rings is 1. The molecule has 2 saturated heterocycles. The molecule has 22 heavy (non-hydrogen) atoms. The standard InChI is InChI=1S/C16H24BFN2O2/c1-15(2)16(3,4)22-17(21-15)12-9-14(20-10-13(12)18)11-5-7-19-8-6-11/h9-11,19H,5-8H2,1-4H3. The van der Waals surface area contributed by atoms with E-state index in [4.69, 9.17) is 9.31 Å². The second-order valence-electron chi connectivity index (χ2n) is 7.24. The van der Waals surface area contributed by atoms with E-state index in [1.165, 1.54) is 6.20 Å². The van der Waals surface area contributed by atoms with Crippen LogP contribution in [0.15, 0.2) is 12.3 Å². The van der Waals surface area contributed by atoms with E-state index in [0.717, 1.165) is 31.6 Å². The van der Waals surface area contributed by atoms with Crippen LogP contribution in [0.4, 0.5) is 4.39 Å². The topological polar surface area (TPSA) is 43.4 Å². The molecule has 1 aromatic rings. The van der Waals surface area contributed by atoms with E-state index in [9.17, 15) is 4.39 Å². The van der Waals surface area contributed by atoms with Gasteiger partial charge in [0.1, 0.15) is 5.82 Å². The quantitative estimate of drug-likeness (QED) is 0.849. The average Bonchev–Trinajstić information content (AvgIpc) is 2.69. The van der Waals surface area contributed by atoms with Gasteiger partial charge >= 0.3 is 7.12 Å². The van der Waals surface area contributed by atoms with Crippen molar-refractivity contribution in [2.75, 3.05) is 13.1 Å². The van der Waals surface area contributed by atoms with Crippen molar-refractivity contribution in [1.29, 1.82) is 0 Å². The first-order valence-electron chi connectivity index (χ1n) is 8.02. The van der Waals surface area contributed by atoms with Crippen LogP contribution >= 0.6 is 0 Å². The van der Waals surface area contributed by atoms with Gasteiger partial charge < -0.3 is 14.6 Å². The van der Waals surface area contributed by atoms with Gasteiger partial charge in [-0.3, -0.25) is 4.98 Å². The molecule has 0 unspecified atom stereocenters. The van der Waals surface area contributed by atoms with Gasteiger partial charge in [0.2, 0.25) is 0 Å². The van der Waals surface area contributed by atoms with Gasteiger partial charge in [-0.2, -0.15) is 0 Å². The minimum atomic E-state index is -0.673. The fourth-order valence-electron chi connectivity index (χ4n) is 2.96. The lowest BCUT2D eigenvalue weighted by Gasteiger charge is -2.32. The highest BCUT2D eigenvalue weighted by molar-refractivity contribution is 6.62. The van der Waals surface area contributed by atoms with Gasteiger partial charge in [-0.25, -0.2) is 4.39 Å². The second-order valence-corrected chi connectivity index (χ2v) is 7.24. The maximum atomic E-state index is 14.3. The summed E-state index contributed by atoms with van der Waals surface area (Å²) in [5.41, 5.74) is 0.458. The normalized spacial score (nSPS) is 24.7. The number of halogens is 1. The van der Waals surface area contributed by atoms with Crippen molar-refractivity contribution in [1.82, 2.24) is 10.3 Å². The van der Waals surface area contributed by atoms with Crippen LogP contribution in [-0.2, 0) is 9.31 Å². The number of rotatable bonds is 2. The lowest BCUT2D eigenvalue weighted by Crippen LogP contribution is -2.41. The Kier molecular flexibility index (Phi) is 4.04. The molecule has 6 heteroatoms. The Balaban J connectivity index is 1.88. The van der Waals surface area contributed by atoms with E-state index in [0.29, 0.717) is 11.4 Å². The van der Waals surface area contributed by atoms with Crippen LogP contribution in [0.25, 0.3) is 0 Å². The Hall–Kier alpha value is -0.975. The van der Waals surface area contributed by atoms with Crippen LogP contribution in [0.1, 0.15) is 52.1 Å². The third-order valence-electron chi connectivity index (χ3n) is 5.17. The van der Waals surface area contributed by atoms with Crippen LogP contribution in [0, 0.1) is 5.82 Å². The Morgan fingerprint density at radius 1 is 1.18 bits per heavy atom. The largest absolute Gasteiger partial charge is 0.497 e. The predicted molar refractivity (Wildman–Crippen MR) is 84.8 cm³/mol. The van der Waals surface area contributed by atoms with Gasteiger partial charge in [0, 0.05) is 17.1 Å². The molecule has 0 spiro atoms. The van der Waals surface area contributed by atoms with Crippen molar-refractivity contribution in [2.45, 2.75) is 57.7 Å². The molecule has 0 amide bonds. The molecular formula is C16H24BFN2O2. The summed E-state index contributed by atoms with van der Waals surface area (Å²) in [5, 5.41) is 3.34. The molecule has 2 aliphatic rings. The maximum Gasteiger partial charge on any atom is 0.497 e. The molecular weight excluding hydrogens is 282 g/mol. The molecule has 4 nitrogen and oxygen atoms in total. The minimum absolute atomic E-state index is 0.365. The first kappa shape index (κ1) is 15.9. The van der Waals surface area contributed by atoms with Gasteiger partial charge in [0.25, 0.3) is 0 Å². The van der Waals surface area contributed by atoms with Gasteiger partial charge in [-0.15, -0.1) is 0 Å². The highest BCUT2D eigenvalue weighted by Gasteiger charge is 2.52. The van der Waals surface area contributed by atoms with Crippen LogP contribution < -0.4 is 10.8 Å². The molecule has 0 bridgehead atoms. The zero-order valence-electron chi connectivity index (χ0n) is 13.8. The van der Waals surface area contributed by atoms with E-state index >= 15 is 0 Å². The van der Waals surface area contributed by atoms with Crippen molar-refractivity contribution >= 4 is 12.6 Å². The summed E-state index contributed by atoms with van der Waals surface area (Å²) < 4.78 is 26.2. The second kappa shape index (κ2) is 5.58. The van der Waals surface area contributed by atoms with E-state index in [-0.39, 0.29) is 5.82 Å². The predicted octanol–water partition coefficient (Wildman–Crippen LogP) is 1.99. The Morgan fingerprint density at radius 3 is 2.36 bits per heavy atom. The molecule has 1 N–H and O–H groups in total. The summed E-state index contributed by atoms with van der Waals surface area (Å²) in [6.07, 6.45) is 3.36. The smallest absolute Gasteiger partial charge is 0.399 e. The third kappa shape index (κ3) is 2.80. The molecule has 0 atom stereocenters. The molecule has 0 aliphatic carbocycles. The van der Waals surface area contributed by atoms with Gasteiger partial charge in [-0.1, -0.05) is 0 Å². The van der Waals surface area contributed by atoms with E-state index in [1.54, 1.807) is 0 Å². The number of hydrogen-bond acceptors (Lipinski definition) is 4. The van der Waals surface area contributed by atoms with Crippen LogP contribution in [0.3, 0.4) is 0 Å². The molecule has 3 heterocycles. The monoisotopic (exact) mass is 306 g/mol. The number of aromatic nitrogens is 1. The summed E-state index contributed by atoms with van der Waals surface area (Å²) in [7, 11) is -0.673. The molecule has 3 rings (SSSR count). The zero-order chi connectivity index (χ0) is 16.0. The SMILES string of the molecule is CC1(C)OB(c2cc(C3CCNCC3)ncc2F)OC1(C)C. The molecule has 0 saturated carbocycles. The van der Waals surface area contributed by atoms with E-state index in [2.05, 4.69) is 10.3 Å². The van der Waals surface area contributed by atoms with E-state index < -0.39 is 18.3 Å². The highest BCUT2D eigenvalue weighted by atomic mass is 19.1. The van der Waals surface area contributed by atoms with E-state index in [1.807, 2.05) is 33.8 Å². The van der Waals surface area contributed by atoms with Crippen molar-refractivity contribution in [3.05, 3.63) is 23.8 Å². The molecule has 1 aromatic heterocycles. The molecule has 120 valence electrons. The van der Waals surface area contributed by atoms with Gasteiger partial charge in [0.05, 0.1) is 17.4 Å². The van der Waals surface area contributed by atoms with Gasteiger partial charge in [-0.05, 0) is 59.7 Å². The minimum Gasteiger partial charge on any atom is -0.399 e. The number of hydrogen-bond donors (Lipinski definition) is 1. The first-order chi connectivity index (χ1) is 10.3. The Labute approximate surface area is 131 Å². The molecule has 2 aliphatic heterocycles. The molecule has 0 radical (unpaired) electrons. The molecule has 0 aromatic carbocycles. The Morgan fingerprint density at radius 2 is 1.77 bits per heavy atom. The fourth-order valence-corrected chi connectivity index (χ4v) is 2.96. The summed E-state index contributed by atoms with van der Waals surface area (Å²) in [6.45, 7) is 9.85. The summed E-state index contributed by atoms with van der Waals surface area (Å²) in [5.74, 6) is 0.0132. The maximum absolute atomic E-state index is 14.3. The van der Waals surface area contributed by atoms with Crippen molar-refractivity contribution in [3.8, 4) is 0 Å². The van der Waals surface area contributed by atoms with Crippen LogP contribution in [0.2, 0.25) is 0 Å². The van der Waals surface area contributed by atoms with Crippen LogP contribution in [0.5, 0.6) is 0 Å². The van der Waals surface area contributed by atoms with Crippen LogP contribution in [-0.4, -0.2) is 36.4 Å².